The van der Waals surface area contributed by atoms with Crippen molar-refractivity contribution >= 4 is 46.9 Å². The van der Waals surface area contributed by atoms with Crippen molar-refractivity contribution in [1.29, 1.82) is 0 Å². The molecule has 0 amide bonds. The molecule has 288 valence electrons. The summed E-state index contributed by atoms with van der Waals surface area (Å²) in [6, 6.07) is 0. The van der Waals surface area contributed by atoms with Crippen LogP contribution in [-0.2, 0) is 0 Å². The van der Waals surface area contributed by atoms with Crippen LogP contribution in [0.3, 0.4) is 0 Å². The first kappa shape index (κ1) is 89.0. The molecular formula is F36K6P6. The summed E-state index contributed by atoms with van der Waals surface area (Å²) in [5.74, 6) is 0. The van der Waals surface area contributed by atoms with Gasteiger partial charge in [0.05, 0.1) is 0 Å². The molecule has 0 aromatic heterocycles. The number of rotatable bonds is 0. The molecule has 0 saturated carbocycles. The van der Waals surface area contributed by atoms with E-state index in [1.807, 2.05) is 0 Å². The Kier molecular flexibility index (Phi) is 33.0. The average Bonchev–Trinajstić information content (AvgIpc) is 1.70. The van der Waals surface area contributed by atoms with Gasteiger partial charge >= 0.3 is 506 Å². The Morgan fingerprint density at radius 3 is 0.104 bits per heavy atom. The van der Waals surface area contributed by atoms with E-state index in [9.17, 15) is 151 Å². The maximum atomic E-state index is 9.87. The van der Waals surface area contributed by atoms with Crippen LogP contribution >= 0.6 is 46.9 Å². The van der Waals surface area contributed by atoms with Gasteiger partial charge in [-0.1, -0.05) is 0 Å². The minimum Gasteiger partial charge on any atom is 1.00 e. The summed E-state index contributed by atoms with van der Waals surface area (Å²) < 4.78 is 355. The van der Waals surface area contributed by atoms with Gasteiger partial charge < -0.3 is 0 Å². The molecule has 0 unspecified atom stereocenters. The van der Waals surface area contributed by atoms with Gasteiger partial charge in [0.25, 0.3) is 0 Å². The van der Waals surface area contributed by atoms with Gasteiger partial charge in [0.2, 0.25) is 0 Å². The quantitative estimate of drug-likeness (QED) is 0.199. The van der Waals surface area contributed by atoms with Crippen LogP contribution in [0.25, 0.3) is 0 Å². The van der Waals surface area contributed by atoms with Crippen LogP contribution in [0.2, 0.25) is 0 Å². The number of hydrogen-bond acceptors (Lipinski definition) is 0. The molecule has 0 bridgehead atoms. The summed E-state index contributed by atoms with van der Waals surface area (Å²) in [7, 11) is -63.9. The van der Waals surface area contributed by atoms with Crippen LogP contribution in [0.5, 0.6) is 0 Å². The van der Waals surface area contributed by atoms with E-state index < -0.39 is 46.9 Å². The second-order valence-electron chi connectivity index (χ2n) is 5.75. The van der Waals surface area contributed by atoms with Crippen molar-refractivity contribution < 1.29 is 459 Å². The molecular weight excluding hydrogens is 1100 g/mol. The van der Waals surface area contributed by atoms with E-state index in [1.54, 1.807) is 0 Å². The fraction of sp³-hybridized carbons (Fsp3) is 0. The minimum absolute atomic E-state index is 0. The van der Waals surface area contributed by atoms with E-state index in [4.69, 9.17) is 0 Å². The van der Waals surface area contributed by atoms with Crippen LogP contribution in [0.1, 0.15) is 0 Å². The Morgan fingerprint density at radius 1 is 0.104 bits per heavy atom. The topological polar surface area (TPSA) is 0 Å². The fourth-order valence-electron chi connectivity index (χ4n) is 0. The minimum atomic E-state index is -10.7. The van der Waals surface area contributed by atoms with Crippen molar-refractivity contribution in [2.24, 2.45) is 0 Å². The van der Waals surface area contributed by atoms with E-state index in [0.29, 0.717) is 0 Å². The molecule has 0 radical (unpaired) electrons. The number of hydrogen-bond donors (Lipinski definition) is 0. The van der Waals surface area contributed by atoms with E-state index in [1.165, 1.54) is 0 Å². The second-order valence-corrected chi connectivity index (χ2v) is 17.2. The predicted octanol–water partition coefficient (Wildman–Crippen LogP) is 2.32. The first-order chi connectivity index (χ1) is 14.7. The molecule has 0 N–H and O–H groups in total. The molecule has 0 aliphatic carbocycles. The van der Waals surface area contributed by atoms with Crippen molar-refractivity contribution in [3.05, 3.63) is 0 Å². The first-order valence-corrected chi connectivity index (χ1v) is 18.3. The summed E-state index contributed by atoms with van der Waals surface area (Å²) in [4.78, 5) is 0. The van der Waals surface area contributed by atoms with Crippen LogP contribution in [0.15, 0.2) is 0 Å². The smallest absolute Gasteiger partial charge is 1.00 e. The third-order valence-electron chi connectivity index (χ3n) is 0. The van der Waals surface area contributed by atoms with Crippen LogP contribution in [0, 0.1) is 0 Å². The monoisotopic (exact) mass is 1100 g/mol. The van der Waals surface area contributed by atoms with Gasteiger partial charge in [0, 0.05) is 0 Å². The van der Waals surface area contributed by atoms with Crippen molar-refractivity contribution in [2.75, 3.05) is 0 Å². The molecule has 0 nitrogen and oxygen atoms in total. The SMILES string of the molecule is F[P-](F)(F)(F)(F)F.F[P-](F)(F)(F)(F)F.F[P-](F)(F)(F)(F)F.F[P-](F)(F)(F)(F)F.F[P-](F)(F)(F)(F)F.F[P-](F)(F)(F)(F)F.[K+].[K+].[K+].[K+].[K+].[K+]. The van der Waals surface area contributed by atoms with E-state index in [2.05, 4.69) is 0 Å². The molecule has 0 spiro atoms. The zero-order valence-corrected chi connectivity index (χ0v) is 46.4. The van der Waals surface area contributed by atoms with Gasteiger partial charge in [-0.25, -0.2) is 0 Å². The van der Waals surface area contributed by atoms with Crippen molar-refractivity contribution in [1.82, 2.24) is 0 Å². The summed E-state index contributed by atoms with van der Waals surface area (Å²) >= 11 is 0. The van der Waals surface area contributed by atoms with Crippen LogP contribution in [-0.4, -0.2) is 0 Å². The zero-order chi connectivity index (χ0) is 38.4. The van der Waals surface area contributed by atoms with Crippen LogP contribution < -0.4 is 308 Å². The molecule has 48 heteroatoms. The molecule has 0 saturated heterocycles. The fourth-order valence-corrected chi connectivity index (χ4v) is 0. The summed E-state index contributed by atoms with van der Waals surface area (Å²) in [5, 5.41) is 0. The summed E-state index contributed by atoms with van der Waals surface area (Å²) in [6.07, 6.45) is 0. The maximum Gasteiger partial charge on any atom is 1.00 e. The Hall–Kier alpha value is 9.88. The van der Waals surface area contributed by atoms with Crippen molar-refractivity contribution in [2.45, 2.75) is 0 Å². The second kappa shape index (κ2) is 17.8. The van der Waals surface area contributed by atoms with E-state index >= 15 is 0 Å². The zero-order valence-electron chi connectivity index (χ0n) is 22.3. The Bertz CT molecular complexity index is 635. The van der Waals surface area contributed by atoms with Gasteiger partial charge in [0.1, 0.15) is 0 Å². The molecule has 0 aliphatic rings. The molecule has 48 heavy (non-hydrogen) atoms. The van der Waals surface area contributed by atoms with Gasteiger partial charge in [-0.3, -0.25) is 0 Å². The Labute approximate surface area is 493 Å². The molecule has 0 fully saturated rings. The van der Waals surface area contributed by atoms with Gasteiger partial charge in [-0.15, -0.1) is 0 Å². The van der Waals surface area contributed by atoms with Gasteiger partial charge in [-0.05, 0) is 0 Å². The maximum absolute atomic E-state index is 10.7. The largest absolute Gasteiger partial charge is 1.00 e. The molecule has 0 aromatic carbocycles. The Morgan fingerprint density at radius 2 is 0.104 bits per heavy atom. The van der Waals surface area contributed by atoms with Gasteiger partial charge in [-0.2, -0.15) is 0 Å². The molecule has 0 heterocycles. The van der Waals surface area contributed by atoms with Crippen molar-refractivity contribution in [3.8, 4) is 0 Å². The summed E-state index contributed by atoms with van der Waals surface area (Å²) in [6.45, 7) is 0. The summed E-state index contributed by atoms with van der Waals surface area (Å²) in [5.41, 5.74) is 0. The molecule has 0 aromatic rings. The third kappa shape index (κ3) is 1720. The van der Waals surface area contributed by atoms with Crippen molar-refractivity contribution in [3.63, 3.8) is 0 Å². The van der Waals surface area contributed by atoms with Crippen LogP contribution in [0.4, 0.5) is 151 Å². The molecule has 0 atom stereocenters. The standard InChI is InChI=1S/6F6P.6K/c6*1-7(2,3,4,5)6;;;;;;/q6*-1;6*+1. The number of halogens is 36. The molecule has 0 aliphatic heterocycles. The van der Waals surface area contributed by atoms with Gasteiger partial charge in [0.15, 0.2) is 0 Å². The average molecular weight is 1100 g/mol. The third-order valence-corrected chi connectivity index (χ3v) is 0. The normalized spacial score (nSPS) is 20.2. The molecule has 0 rings (SSSR count). The Balaban J connectivity index is -0.0000000316. The predicted molar refractivity (Wildman–Crippen MR) is 81.4 cm³/mol. The van der Waals surface area contributed by atoms with E-state index in [-0.39, 0.29) is 308 Å². The van der Waals surface area contributed by atoms with E-state index in [0.717, 1.165) is 0 Å². The first-order valence-electron chi connectivity index (χ1n) is 6.09.